The first-order valence-corrected chi connectivity index (χ1v) is 7.54. The third-order valence-corrected chi connectivity index (χ3v) is 4.01. The number of aromatic nitrogens is 1. The van der Waals surface area contributed by atoms with Gasteiger partial charge in [0.2, 0.25) is 0 Å². The number of hydrazone groups is 1. The Morgan fingerprint density at radius 1 is 1.32 bits per heavy atom. The number of carbonyl (C=O) groups excluding carboxylic acids is 3. The zero-order valence-electron chi connectivity index (χ0n) is 13.7. The van der Waals surface area contributed by atoms with Gasteiger partial charge in [-0.2, -0.15) is 5.10 Å². The van der Waals surface area contributed by atoms with E-state index in [-0.39, 0.29) is 6.54 Å². The third kappa shape index (κ3) is 3.18. The van der Waals surface area contributed by atoms with E-state index >= 15 is 0 Å². The molecule has 1 saturated heterocycles. The molecule has 2 atom stereocenters. The maximum absolute atomic E-state index is 12.3. The molecule has 0 saturated carbocycles. The highest BCUT2D eigenvalue weighted by atomic mass is 16.2. The van der Waals surface area contributed by atoms with E-state index in [2.05, 4.69) is 20.5 Å². The van der Waals surface area contributed by atoms with E-state index in [4.69, 9.17) is 0 Å². The molecule has 3 heterocycles. The Morgan fingerprint density at radius 2 is 2.04 bits per heavy atom. The van der Waals surface area contributed by atoms with Gasteiger partial charge in [0.1, 0.15) is 6.54 Å². The maximum Gasteiger partial charge on any atom is 0.328 e. The number of pyridine rings is 1. The number of urea groups is 1. The van der Waals surface area contributed by atoms with Crippen molar-refractivity contribution in [2.24, 2.45) is 10.1 Å². The molecular weight excluding hydrogens is 326 g/mol. The number of carbonyl (C=O) groups is 3. The molecule has 0 spiro atoms. The molecule has 0 aromatic carbocycles. The Balaban J connectivity index is 1.61. The van der Waals surface area contributed by atoms with Crippen LogP contribution < -0.4 is 5.43 Å². The molecule has 0 bridgehead atoms. The van der Waals surface area contributed by atoms with Gasteiger partial charge in [-0.15, -0.1) is 0 Å². The van der Waals surface area contributed by atoms with Gasteiger partial charge in [-0.3, -0.25) is 19.5 Å². The van der Waals surface area contributed by atoms with Gasteiger partial charge in [0, 0.05) is 26.5 Å². The van der Waals surface area contributed by atoms with Crippen molar-refractivity contribution >= 4 is 30.4 Å². The number of hydrogen-bond donors (Lipinski definition) is 1. The van der Waals surface area contributed by atoms with Gasteiger partial charge in [0.15, 0.2) is 12.2 Å². The van der Waals surface area contributed by atoms with Crippen LogP contribution in [0, 0.1) is 0 Å². The fourth-order valence-electron chi connectivity index (χ4n) is 2.67. The Hall–Kier alpha value is -3.30. The second kappa shape index (κ2) is 6.67. The summed E-state index contributed by atoms with van der Waals surface area (Å²) >= 11 is 0. The third-order valence-electron chi connectivity index (χ3n) is 4.01. The highest BCUT2D eigenvalue weighted by molar-refractivity contribution is 6.02. The van der Waals surface area contributed by atoms with E-state index in [0.717, 1.165) is 10.5 Å². The summed E-state index contributed by atoms with van der Waals surface area (Å²) in [6.45, 7) is -0.0973. The molecule has 2 aliphatic heterocycles. The first-order chi connectivity index (χ1) is 12.0. The number of hydrogen-bond acceptors (Lipinski definition) is 7. The minimum absolute atomic E-state index is 0.0973. The molecule has 130 valence electrons. The summed E-state index contributed by atoms with van der Waals surface area (Å²) in [5.74, 6) is -0.786. The monoisotopic (exact) mass is 343 g/mol. The molecule has 1 aromatic heterocycles. The molecule has 4 amide bonds. The van der Waals surface area contributed by atoms with Crippen molar-refractivity contribution in [3.05, 3.63) is 30.1 Å². The molecule has 0 aliphatic carbocycles. The van der Waals surface area contributed by atoms with E-state index in [1.807, 2.05) is 0 Å². The lowest BCUT2D eigenvalue weighted by atomic mass is 10.1. The highest BCUT2D eigenvalue weighted by Gasteiger charge is 2.48. The average Bonchev–Trinajstić information content (AvgIpc) is 3.02. The van der Waals surface area contributed by atoms with Crippen LogP contribution in [0.4, 0.5) is 4.79 Å². The van der Waals surface area contributed by atoms with E-state index in [0.29, 0.717) is 0 Å². The van der Waals surface area contributed by atoms with Crippen LogP contribution in [0.2, 0.25) is 0 Å². The Kier molecular flexibility index (Phi) is 4.42. The molecule has 1 N–H and O–H groups in total. The highest BCUT2D eigenvalue weighted by Crippen LogP contribution is 2.24. The molecule has 3 rings (SSSR count). The largest absolute Gasteiger partial charge is 0.338 e. The van der Waals surface area contributed by atoms with E-state index < -0.39 is 30.1 Å². The van der Waals surface area contributed by atoms with Gasteiger partial charge in [0.25, 0.3) is 11.8 Å². The summed E-state index contributed by atoms with van der Waals surface area (Å²) in [6, 6.07) is 2.37. The number of amides is 4. The van der Waals surface area contributed by atoms with Gasteiger partial charge >= 0.3 is 6.03 Å². The molecular formula is C15H17N7O3. The molecule has 1 fully saturated rings. The second-order valence-corrected chi connectivity index (χ2v) is 5.66. The summed E-state index contributed by atoms with van der Waals surface area (Å²) in [5.41, 5.74) is 3.19. The van der Waals surface area contributed by atoms with Crippen LogP contribution in [-0.2, 0) is 9.59 Å². The minimum atomic E-state index is -0.706. The number of rotatable bonds is 4. The molecule has 25 heavy (non-hydrogen) atoms. The Labute approximate surface area is 143 Å². The van der Waals surface area contributed by atoms with Crippen molar-refractivity contribution in [1.82, 2.24) is 25.1 Å². The first-order valence-electron chi connectivity index (χ1n) is 7.54. The smallest absolute Gasteiger partial charge is 0.328 e. The summed E-state index contributed by atoms with van der Waals surface area (Å²) < 4.78 is 0. The lowest BCUT2D eigenvalue weighted by molar-refractivity contribution is -0.136. The van der Waals surface area contributed by atoms with Gasteiger partial charge in [-0.25, -0.2) is 15.2 Å². The number of likely N-dealkylation sites (N-methyl/N-ethyl adjacent to an activating group) is 2. The number of fused-ring (bicyclic) bond motifs is 1. The molecule has 10 heteroatoms. The summed E-state index contributed by atoms with van der Waals surface area (Å²) in [4.78, 5) is 48.3. The standard InChI is InChI=1S/C15H17N7O3/c1-20-13-12(14(24)21(2)15(20)25)22(9-17-13)8-11(23)19-18-7-10-3-5-16-6-4-10/h3-7,9,12-13H,8H2,1-2H3,(H,19,23)/b18-7+. The zero-order chi connectivity index (χ0) is 18.0. The zero-order valence-corrected chi connectivity index (χ0v) is 13.7. The van der Waals surface area contributed by atoms with Crippen LogP contribution in [0.25, 0.3) is 0 Å². The number of imide groups is 1. The predicted molar refractivity (Wildman–Crippen MR) is 88.7 cm³/mol. The fraction of sp³-hybridized carbons (Fsp3) is 0.333. The summed E-state index contributed by atoms with van der Waals surface area (Å²) in [7, 11) is 2.98. The average molecular weight is 343 g/mol. The predicted octanol–water partition coefficient (Wildman–Crippen LogP) is -0.906. The Bertz CT molecular complexity index is 749. The van der Waals surface area contributed by atoms with Crippen LogP contribution in [0.5, 0.6) is 0 Å². The number of nitrogens with one attached hydrogen (secondary N) is 1. The van der Waals surface area contributed by atoms with Gasteiger partial charge < -0.3 is 9.80 Å². The van der Waals surface area contributed by atoms with Gasteiger partial charge in [0.05, 0.1) is 12.6 Å². The Morgan fingerprint density at radius 3 is 2.76 bits per heavy atom. The summed E-state index contributed by atoms with van der Waals surface area (Å²) in [6.07, 6.45) is 5.53. The summed E-state index contributed by atoms with van der Waals surface area (Å²) in [5, 5.41) is 3.87. The topological polar surface area (TPSA) is 111 Å². The SMILES string of the molecule is CN1C(=O)C2C(N=CN2CC(=O)N/N=C/c2ccncc2)N(C)C1=O. The van der Waals surface area contributed by atoms with Crippen molar-refractivity contribution in [2.75, 3.05) is 20.6 Å². The van der Waals surface area contributed by atoms with E-state index in [1.165, 1.54) is 29.4 Å². The second-order valence-electron chi connectivity index (χ2n) is 5.66. The molecule has 2 unspecified atom stereocenters. The molecule has 0 radical (unpaired) electrons. The van der Waals surface area contributed by atoms with E-state index in [9.17, 15) is 14.4 Å². The van der Waals surface area contributed by atoms with Crippen LogP contribution in [0.1, 0.15) is 5.56 Å². The van der Waals surface area contributed by atoms with Crippen LogP contribution in [0.3, 0.4) is 0 Å². The first kappa shape index (κ1) is 16.6. The van der Waals surface area contributed by atoms with Crippen molar-refractivity contribution in [2.45, 2.75) is 12.2 Å². The lowest BCUT2D eigenvalue weighted by Gasteiger charge is -2.39. The lowest BCUT2D eigenvalue weighted by Crippen LogP contribution is -2.64. The normalized spacial score (nSPS) is 22.7. The molecule has 1 aromatic rings. The minimum Gasteiger partial charge on any atom is -0.338 e. The van der Waals surface area contributed by atoms with Gasteiger partial charge in [-0.05, 0) is 17.7 Å². The molecule has 2 aliphatic rings. The van der Waals surface area contributed by atoms with Crippen molar-refractivity contribution in [1.29, 1.82) is 0 Å². The van der Waals surface area contributed by atoms with Crippen LogP contribution in [0.15, 0.2) is 34.6 Å². The molecule has 10 nitrogen and oxygen atoms in total. The fourth-order valence-corrected chi connectivity index (χ4v) is 2.67. The maximum atomic E-state index is 12.3. The van der Waals surface area contributed by atoms with Gasteiger partial charge in [-0.1, -0.05) is 0 Å². The van der Waals surface area contributed by atoms with Crippen molar-refractivity contribution in [3.63, 3.8) is 0 Å². The van der Waals surface area contributed by atoms with Crippen LogP contribution in [-0.4, -0.2) is 82.9 Å². The quantitative estimate of drug-likeness (QED) is 0.562. The van der Waals surface area contributed by atoms with Crippen molar-refractivity contribution in [3.8, 4) is 0 Å². The number of nitrogens with zero attached hydrogens (tertiary/aromatic N) is 6. The van der Waals surface area contributed by atoms with E-state index in [1.54, 1.807) is 31.6 Å². The van der Waals surface area contributed by atoms with Crippen molar-refractivity contribution < 1.29 is 14.4 Å². The number of aliphatic imine (C=N–C) groups is 1. The van der Waals surface area contributed by atoms with Crippen LogP contribution >= 0.6 is 0 Å².